The number of carbonyl (C=O) groups is 2. The molecule has 0 bridgehead atoms. The Morgan fingerprint density at radius 3 is 2.35 bits per heavy atom. The number of hydrogen-bond donors (Lipinski definition) is 1. The van der Waals surface area contributed by atoms with E-state index in [1.165, 1.54) is 0 Å². The Hall–Kier alpha value is -3.83. The van der Waals surface area contributed by atoms with E-state index in [4.69, 9.17) is 4.42 Å². The molecule has 0 aliphatic carbocycles. The van der Waals surface area contributed by atoms with Gasteiger partial charge in [0.05, 0.1) is 12.1 Å². The number of hydrogen-bond acceptors (Lipinski definition) is 5. The highest BCUT2D eigenvalue weighted by molar-refractivity contribution is 5.93. The van der Waals surface area contributed by atoms with Crippen molar-refractivity contribution in [3.63, 3.8) is 0 Å². The smallest absolute Gasteiger partial charge is 0.289 e. The number of nitriles is 1. The third-order valence-corrected chi connectivity index (χ3v) is 6.36. The summed E-state index contributed by atoms with van der Waals surface area (Å²) in [6.07, 6.45) is 0. The van der Waals surface area contributed by atoms with Gasteiger partial charge in [-0.1, -0.05) is 30.3 Å². The number of anilines is 1. The highest BCUT2D eigenvalue weighted by Gasteiger charge is 2.26. The fraction of sp³-hybridized carbons (Fsp3) is 0.346. The van der Waals surface area contributed by atoms with Gasteiger partial charge in [0.2, 0.25) is 5.91 Å². The largest absolute Gasteiger partial charge is 0.456 e. The number of piperazine rings is 1. The van der Waals surface area contributed by atoms with E-state index in [2.05, 4.69) is 11.4 Å². The van der Waals surface area contributed by atoms with Crippen LogP contribution in [0.4, 0.5) is 5.82 Å². The van der Waals surface area contributed by atoms with Crippen molar-refractivity contribution in [2.75, 3.05) is 38.0 Å². The molecule has 1 aliphatic heterocycles. The average molecular weight is 460 g/mol. The molecule has 0 saturated carbocycles. The lowest BCUT2D eigenvalue weighted by Gasteiger charge is -2.33. The van der Waals surface area contributed by atoms with Gasteiger partial charge < -0.3 is 19.2 Å². The molecule has 4 rings (SSSR count). The van der Waals surface area contributed by atoms with Crippen LogP contribution in [0.1, 0.15) is 38.7 Å². The topological polar surface area (TPSA) is 94.5 Å². The molecule has 0 radical (unpaired) electrons. The van der Waals surface area contributed by atoms with Crippen LogP contribution < -0.4 is 5.32 Å². The van der Waals surface area contributed by atoms with Crippen LogP contribution in [-0.4, -0.2) is 58.9 Å². The van der Waals surface area contributed by atoms with Crippen molar-refractivity contribution in [3.05, 3.63) is 76.4 Å². The highest BCUT2D eigenvalue weighted by Crippen LogP contribution is 2.27. The summed E-state index contributed by atoms with van der Waals surface area (Å²) >= 11 is 0. The van der Waals surface area contributed by atoms with E-state index in [-0.39, 0.29) is 18.4 Å². The molecule has 8 heteroatoms. The van der Waals surface area contributed by atoms with Crippen molar-refractivity contribution in [1.82, 2.24) is 14.4 Å². The van der Waals surface area contributed by atoms with Crippen molar-refractivity contribution < 1.29 is 14.0 Å². The third-order valence-electron chi connectivity index (χ3n) is 6.36. The number of carbonyl (C=O) groups excluding carboxylic acids is 2. The molecule has 2 amide bonds. The van der Waals surface area contributed by atoms with Crippen LogP contribution in [0.2, 0.25) is 0 Å². The number of rotatable bonds is 6. The van der Waals surface area contributed by atoms with Gasteiger partial charge in [0, 0.05) is 38.4 Å². The van der Waals surface area contributed by atoms with E-state index in [9.17, 15) is 14.9 Å². The maximum absolute atomic E-state index is 12.9. The molecule has 1 aromatic carbocycles. The van der Waals surface area contributed by atoms with Gasteiger partial charge in [-0.15, -0.1) is 0 Å². The second-order valence-corrected chi connectivity index (χ2v) is 8.64. The van der Waals surface area contributed by atoms with E-state index >= 15 is 0 Å². The first-order chi connectivity index (χ1) is 16.4. The van der Waals surface area contributed by atoms with E-state index in [0.29, 0.717) is 55.6 Å². The summed E-state index contributed by atoms with van der Waals surface area (Å²) in [6.45, 7) is 8.67. The quantitative estimate of drug-likeness (QED) is 0.610. The van der Waals surface area contributed by atoms with Gasteiger partial charge in [0.1, 0.15) is 17.6 Å². The fourth-order valence-corrected chi connectivity index (χ4v) is 4.28. The maximum Gasteiger partial charge on any atom is 0.289 e. The van der Waals surface area contributed by atoms with Crippen molar-refractivity contribution in [2.45, 2.75) is 27.3 Å². The Bertz CT molecular complexity index is 1230. The Morgan fingerprint density at radius 2 is 1.74 bits per heavy atom. The van der Waals surface area contributed by atoms with Crippen LogP contribution in [0, 0.1) is 32.1 Å². The molecular weight excluding hydrogens is 430 g/mol. The molecule has 0 atom stereocenters. The van der Waals surface area contributed by atoms with Crippen LogP contribution in [0.3, 0.4) is 0 Å². The summed E-state index contributed by atoms with van der Waals surface area (Å²) < 4.78 is 7.44. The van der Waals surface area contributed by atoms with Crippen LogP contribution >= 0.6 is 0 Å². The number of aromatic nitrogens is 1. The Labute approximate surface area is 199 Å². The minimum absolute atomic E-state index is 0.124. The van der Waals surface area contributed by atoms with Crippen molar-refractivity contribution >= 4 is 17.6 Å². The van der Waals surface area contributed by atoms with Gasteiger partial charge in [0.25, 0.3) is 5.91 Å². The minimum atomic E-state index is -0.176. The fourth-order valence-electron chi connectivity index (χ4n) is 4.28. The first-order valence-corrected chi connectivity index (χ1v) is 11.4. The predicted molar refractivity (Wildman–Crippen MR) is 129 cm³/mol. The summed E-state index contributed by atoms with van der Waals surface area (Å²) in [5.74, 6) is 1.29. The zero-order chi connectivity index (χ0) is 24.2. The molecular formula is C26H29N5O3. The van der Waals surface area contributed by atoms with Crippen LogP contribution in [0.5, 0.6) is 0 Å². The molecule has 1 fully saturated rings. The summed E-state index contributed by atoms with van der Waals surface area (Å²) in [6, 6.07) is 15.7. The van der Waals surface area contributed by atoms with E-state index in [1.54, 1.807) is 17.0 Å². The van der Waals surface area contributed by atoms with Crippen molar-refractivity contribution in [3.8, 4) is 6.07 Å². The predicted octanol–water partition coefficient (Wildman–Crippen LogP) is 3.32. The van der Waals surface area contributed by atoms with Gasteiger partial charge >= 0.3 is 0 Å². The van der Waals surface area contributed by atoms with Crippen LogP contribution in [0.25, 0.3) is 0 Å². The lowest BCUT2D eigenvalue weighted by Crippen LogP contribution is -2.50. The number of aryl methyl sites for hydroxylation is 1. The first kappa shape index (κ1) is 23.3. The van der Waals surface area contributed by atoms with Crippen LogP contribution in [0.15, 0.2) is 46.9 Å². The standard InChI is InChI=1S/C26H29N5O3/c1-18-9-10-23(34-18)26(33)30-13-11-29(12-14-30)17-24(32)28-25-22(15-27)19(2)20(3)31(25)16-21-7-5-4-6-8-21/h4-10H,11-14,16-17H2,1-3H3,(H,28,32). The lowest BCUT2D eigenvalue weighted by molar-refractivity contribution is -0.117. The summed E-state index contributed by atoms with van der Waals surface area (Å²) in [7, 11) is 0. The molecule has 0 spiro atoms. The van der Waals surface area contributed by atoms with Gasteiger partial charge in [-0.3, -0.25) is 14.5 Å². The summed E-state index contributed by atoms with van der Waals surface area (Å²) in [4.78, 5) is 29.3. The Balaban J connectivity index is 1.40. The second kappa shape index (κ2) is 9.98. The van der Waals surface area contributed by atoms with Gasteiger partial charge in [0.15, 0.2) is 5.76 Å². The van der Waals surface area contributed by atoms with Crippen molar-refractivity contribution in [1.29, 1.82) is 5.26 Å². The van der Waals surface area contributed by atoms with Crippen LogP contribution in [-0.2, 0) is 11.3 Å². The molecule has 0 unspecified atom stereocenters. The zero-order valence-corrected chi connectivity index (χ0v) is 19.8. The molecule has 2 aromatic heterocycles. The molecule has 1 aliphatic rings. The highest BCUT2D eigenvalue weighted by atomic mass is 16.3. The SMILES string of the molecule is Cc1ccc(C(=O)N2CCN(CC(=O)Nc3c(C#N)c(C)c(C)n3Cc3ccccc3)CC2)o1. The van der Waals surface area contributed by atoms with E-state index < -0.39 is 0 Å². The number of amides is 2. The van der Waals surface area contributed by atoms with E-state index in [0.717, 1.165) is 16.8 Å². The molecule has 176 valence electrons. The molecule has 3 aromatic rings. The minimum Gasteiger partial charge on any atom is -0.456 e. The number of nitrogens with one attached hydrogen (secondary N) is 1. The monoisotopic (exact) mass is 459 g/mol. The maximum atomic E-state index is 12.9. The van der Waals surface area contributed by atoms with Crippen molar-refractivity contribution in [2.24, 2.45) is 0 Å². The average Bonchev–Trinajstić information content (AvgIpc) is 3.36. The third kappa shape index (κ3) is 4.90. The Morgan fingerprint density at radius 1 is 1.03 bits per heavy atom. The van der Waals surface area contributed by atoms with E-state index in [1.807, 2.05) is 60.6 Å². The Kier molecular flexibility index (Phi) is 6.85. The number of benzene rings is 1. The van der Waals surface area contributed by atoms with Gasteiger partial charge in [-0.05, 0) is 44.0 Å². The van der Waals surface area contributed by atoms with Gasteiger partial charge in [-0.25, -0.2) is 0 Å². The molecule has 1 saturated heterocycles. The number of nitrogens with zero attached hydrogens (tertiary/aromatic N) is 4. The zero-order valence-electron chi connectivity index (χ0n) is 19.8. The summed E-state index contributed by atoms with van der Waals surface area (Å²) in [5.41, 5.74) is 3.41. The molecule has 34 heavy (non-hydrogen) atoms. The molecule has 1 N–H and O–H groups in total. The van der Waals surface area contributed by atoms with Gasteiger partial charge in [-0.2, -0.15) is 5.26 Å². The second-order valence-electron chi connectivity index (χ2n) is 8.64. The molecule has 3 heterocycles. The first-order valence-electron chi connectivity index (χ1n) is 11.4. The number of furan rings is 1. The normalized spacial score (nSPS) is 14.1. The summed E-state index contributed by atoms with van der Waals surface area (Å²) in [5, 5.41) is 12.7. The molecule has 8 nitrogen and oxygen atoms in total. The lowest BCUT2D eigenvalue weighted by atomic mass is 10.2.